The minimum atomic E-state index is -0.594. The molecule has 1 aromatic heterocycles. The highest BCUT2D eigenvalue weighted by atomic mass is 16.6. The average molecular weight is 286 g/mol. The number of non-ortho nitro benzene ring substituents is 1. The van der Waals surface area contributed by atoms with Gasteiger partial charge in [-0.3, -0.25) is 19.9 Å². The molecule has 0 saturated carbocycles. The third kappa shape index (κ3) is 3.60. The summed E-state index contributed by atoms with van der Waals surface area (Å²) in [6.07, 6.45) is 2.58. The molecule has 0 aliphatic rings. The molecule has 0 fully saturated rings. The molecular weight excluding hydrogens is 276 g/mol. The zero-order chi connectivity index (χ0) is 15.2. The van der Waals surface area contributed by atoms with Crippen molar-refractivity contribution in [2.45, 2.75) is 0 Å². The molecule has 2 aromatic rings. The van der Waals surface area contributed by atoms with E-state index in [-0.39, 0.29) is 22.7 Å². The maximum atomic E-state index is 11.6. The number of phenolic OH excluding ortho intramolecular Hbond substituents is 1. The van der Waals surface area contributed by atoms with E-state index < -0.39 is 10.8 Å². The molecule has 0 bridgehead atoms. The number of benzene rings is 1. The van der Waals surface area contributed by atoms with Gasteiger partial charge in [0.1, 0.15) is 11.4 Å². The van der Waals surface area contributed by atoms with Gasteiger partial charge in [-0.15, -0.1) is 0 Å². The molecule has 0 aliphatic carbocycles. The van der Waals surface area contributed by atoms with Gasteiger partial charge in [-0.05, 0) is 18.2 Å². The number of amides is 1. The summed E-state index contributed by atoms with van der Waals surface area (Å²) in [5, 5.41) is 23.8. The highest BCUT2D eigenvalue weighted by Crippen LogP contribution is 2.21. The van der Waals surface area contributed by atoms with Crippen LogP contribution in [-0.4, -0.2) is 27.1 Å². The van der Waals surface area contributed by atoms with Crippen LogP contribution in [0.4, 0.5) is 5.69 Å². The number of nitro groups is 1. The summed E-state index contributed by atoms with van der Waals surface area (Å²) < 4.78 is 0. The molecule has 2 N–H and O–H groups in total. The van der Waals surface area contributed by atoms with Crippen molar-refractivity contribution in [2.24, 2.45) is 5.10 Å². The van der Waals surface area contributed by atoms with Gasteiger partial charge >= 0.3 is 0 Å². The van der Waals surface area contributed by atoms with E-state index in [0.29, 0.717) is 0 Å². The smallest absolute Gasteiger partial charge is 0.289 e. The number of nitrogens with zero attached hydrogens (tertiary/aromatic N) is 3. The van der Waals surface area contributed by atoms with Gasteiger partial charge < -0.3 is 5.11 Å². The van der Waals surface area contributed by atoms with Crippen LogP contribution in [0.25, 0.3) is 0 Å². The number of hydrogen-bond acceptors (Lipinski definition) is 6. The quantitative estimate of drug-likeness (QED) is 0.501. The number of hydrogen-bond donors (Lipinski definition) is 2. The molecule has 8 nitrogen and oxygen atoms in total. The van der Waals surface area contributed by atoms with Crippen LogP contribution in [-0.2, 0) is 0 Å². The third-order valence-electron chi connectivity index (χ3n) is 2.49. The lowest BCUT2D eigenvalue weighted by Crippen LogP contribution is -2.18. The molecule has 21 heavy (non-hydrogen) atoms. The number of pyridine rings is 1. The molecule has 0 unspecified atom stereocenters. The molecule has 0 saturated heterocycles. The summed E-state index contributed by atoms with van der Waals surface area (Å²) in [6, 6.07) is 8.32. The van der Waals surface area contributed by atoms with E-state index in [1.54, 1.807) is 12.1 Å². The van der Waals surface area contributed by atoms with E-state index in [2.05, 4.69) is 15.5 Å². The second-order valence-corrected chi connectivity index (χ2v) is 3.91. The van der Waals surface area contributed by atoms with E-state index in [4.69, 9.17) is 0 Å². The zero-order valence-electron chi connectivity index (χ0n) is 10.6. The predicted molar refractivity (Wildman–Crippen MR) is 74.1 cm³/mol. The van der Waals surface area contributed by atoms with Crippen molar-refractivity contribution in [3.8, 4) is 5.75 Å². The Morgan fingerprint density at radius 1 is 1.38 bits per heavy atom. The van der Waals surface area contributed by atoms with Crippen molar-refractivity contribution < 1.29 is 14.8 Å². The van der Waals surface area contributed by atoms with Crippen LogP contribution >= 0.6 is 0 Å². The lowest BCUT2D eigenvalue weighted by molar-refractivity contribution is -0.384. The molecule has 1 aromatic carbocycles. The Balaban J connectivity index is 2.10. The third-order valence-corrected chi connectivity index (χ3v) is 2.49. The fourth-order valence-corrected chi connectivity index (χ4v) is 1.47. The molecular formula is C13H10N4O4. The van der Waals surface area contributed by atoms with Gasteiger partial charge in [-0.1, -0.05) is 6.07 Å². The Bertz CT molecular complexity index is 701. The molecule has 106 valence electrons. The number of aromatic hydroxyl groups is 1. The predicted octanol–water partition coefficient (Wildman–Crippen LogP) is 1.46. The Labute approximate surface area is 118 Å². The van der Waals surface area contributed by atoms with Crippen LogP contribution in [0.3, 0.4) is 0 Å². The highest BCUT2D eigenvalue weighted by molar-refractivity contribution is 5.93. The molecule has 8 heteroatoms. The zero-order valence-corrected chi connectivity index (χ0v) is 10.6. The monoisotopic (exact) mass is 286 g/mol. The lowest BCUT2D eigenvalue weighted by atomic mass is 10.2. The highest BCUT2D eigenvalue weighted by Gasteiger charge is 2.09. The number of nitrogens with one attached hydrogen (secondary N) is 1. The Morgan fingerprint density at radius 2 is 2.19 bits per heavy atom. The topological polar surface area (TPSA) is 118 Å². The standard InChI is InChI=1S/C13H10N4O4/c18-12-5-4-10(17(20)21)7-9(12)8-15-16-13(19)11-3-1-2-6-14-11/h1-8,18H,(H,16,19)/b15-8+. The van der Waals surface area contributed by atoms with Crippen LogP contribution in [0.1, 0.15) is 16.1 Å². The SMILES string of the molecule is O=C(N/N=C/c1cc([N+](=O)[O-])ccc1O)c1ccccn1. The van der Waals surface area contributed by atoms with Crippen LogP contribution in [0.15, 0.2) is 47.7 Å². The van der Waals surface area contributed by atoms with Gasteiger partial charge in [0.2, 0.25) is 0 Å². The van der Waals surface area contributed by atoms with Gasteiger partial charge in [-0.2, -0.15) is 5.10 Å². The first kappa shape index (κ1) is 14.1. The van der Waals surface area contributed by atoms with Crippen LogP contribution < -0.4 is 5.43 Å². The van der Waals surface area contributed by atoms with Crippen LogP contribution in [0, 0.1) is 10.1 Å². The van der Waals surface area contributed by atoms with Crippen LogP contribution in [0.5, 0.6) is 5.75 Å². The van der Waals surface area contributed by atoms with Gasteiger partial charge in [0.15, 0.2) is 0 Å². The molecule has 0 aliphatic heterocycles. The fraction of sp³-hybridized carbons (Fsp3) is 0. The van der Waals surface area contributed by atoms with E-state index in [1.165, 1.54) is 24.4 Å². The van der Waals surface area contributed by atoms with Gasteiger partial charge in [0, 0.05) is 23.9 Å². The van der Waals surface area contributed by atoms with Gasteiger partial charge in [-0.25, -0.2) is 5.43 Å². The van der Waals surface area contributed by atoms with Crippen molar-refractivity contribution >= 4 is 17.8 Å². The number of aromatic nitrogens is 1. The summed E-state index contributed by atoms with van der Waals surface area (Å²) in [7, 11) is 0. The van der Waals surface area contributed by atoms with E-state index >= 15 is 0 Å². The minimum absolute atomic E-state index is 0.116. The van der Waals surface area contributed by atoms with Crippen LogP contribution in [0.2, 0.25) is 0 Å². The van der Waals surface area contributed by atoms with Gasteiger partial charge in [0.25, 0.3) is 11.6 Å². The van der Waals surface area contributed by atoms with E-state index in [0.717, 1.165) is 12.3 Å². The number of phenols is 1. The Kier molecular flexibility index (Phi) is 4.20. The molecule has 2 rings (SSSR count). The Hall–Kier alpha value is -3.29. The van der Waals surface area contributed by atoms with E-state index in [1.807, 2.05) is 0 Å². The number of rotatable bonds is 4. The van der Waals surface area contributed by atoms with E-state index in [9.17, 15) is 20.0 Å². The first-order chi connectivity index (χ1) is 10.1. The normalized spacial score (nSPS) is 10.5. The molecule has 0 radical (unpaired) electrons. The summed E-state index contributed by atoms with van der Waals surface area (Å²) >= 11 is 0. The van der Waals surface area contributed by atoms with Gasteiger partial charge in [0.05, 0.1) is 11.1 Å². The molecule has 1 heterocycles. The first-order valence-corrected chi connectivity index (χ1v) is 5.80. The largest absolute Gasteiger partial charge is 0.507 e. The maximum Gasteiger partial charge on any atom is 0.289 e. The van der Waals surface area contributed by atoms with Crippen molar-refractivity contribution in [3.05, 3.63) is 64.0 Å². The number of hydrazone groups is 1. The fourth-order valence-electron chi connectivity index (χ4n) is 1.47. The summed E-state index contributed by atoms with van der Waals surface area (Å²) in [6.45, 7) is 0. The summed E-state index contributed by atoms with van der Waals surface area (Å²) in [5.74, 6) is -0.715. The second-order valence-electron chi connectivity index (χ2n) is 3.91. The summed E-state index contributed by atoms with van der Waals surface area (Å²) in [5.41, 5.74) is 2.32. The summed E-state index contributed by atoms with van der Waals surface area (Å²) in [4.78, 5) is 25.5. The Morgan fingerprint density at radius 3 is 2.86 bits per heavy atom. The number of carbonyl (C=O) groups excluding carboxylic acids is 1. The average Bonchev–Trinajstić information content (AvgIpc) is 2.49. The second kappa shape index (κ2) is 6.24. The number of nitro benzene ring substituents is 1. The van der Waals surface area contributed by atoms with Crippen molar-refractivity contribution in [1.29, 1.82) is 0 Å². The van der Waals surface area contributed by atoms with Crippen molar-refractivity contribution in [3.63, 3.8) is 0 Å². The lowest BCUT2D eigenvalue weighted by Gasteiger charge is -2.00. The molecule has 0 atom stereocenters. The first-order valence-electron chi connectivity index (χ1n) is 5.80. The molecule has 0 spiro atoms. The molecule has 1 amide bonds. The number of carbonyl (C=O) groups is 1. The maximum absolute atomic E-state index is 11.6. The minimum Gasteiger partial charge on any atom is -0.507 e. The van der Waals surface area contributed by atoms with Crippen molar-refractivity contribution in [2.75, 3.05) is 0 Å². The van der Waals surface area contributed by atoms with Crippen molar-refractivity contribution in [1.82, 2.24) is 10.4 Å².